The van der Waals surface area contributed by atoms with E-state index >= 15 is 0 Å². The van der Waals surface area contributed by atoms with Gasteiger partial charge in [-0.3, -0.25) is 4.90 Å². The molecule has 5 N–H and O–H groups in total. The van der Waals surface area contributed by atoms with E-state index in [9.17, 15) is 25.5 Å². The molecule has 36 heavy (non-hydrogen) atoms. The van der Waals surface area contributed by atoms with Gasteiger partial charge in [-0.2, -0.15) is 0 Å². The second kappa shape index (κ2) is 10.9. The van der Waals surface area contributed by atoms with Crippen molar-refractivity contribution in [1.29, 1.82) is 0 Å². The van der Waals surface area contributed by atoms with Crippen molar-refractivity contribution in [2.75, 3.05) is 6.61 Å². The van der Waals surface area contributed by atoms with Crippen LogP contribution in [0.4, 0.5) is 0 Å². The number of benzene rings is 2. The van der Waals surface area contributed by atoms with Gasteiger partial charge >= 0.3 is 0 Å². The van der Waals surface area contributed by atoms with E-state index in [4.69, 9.17) is 0 Å². The van der Waals surface area contributed by atoms with Gasteiger partial charge < -0.3 is 25.5 Å². The molecule has 6 nitrogen and oxygen atoms in total. The molecular formula is C30H43NO5. The first-order valence-corrected chi connectivity index (χ1v) is 13.4. The van der Waals surface area contributed by atoms with Gasteiger partial charge in [0.2, 0.25) is 0 Å². The number of nitrogens with zero attached hydrogens (tertiary/aromatic N) is 1. The first kappa shape index (κ1) is 27.2. The molecule has 198 valence electrons. The highest BCUT2D eigenvalue weighted by atomic mass is 16.4. The van der Waals surface area contributed by atoms with Gasteiger partial charge in [-0.15, -0.1) is 0 Å². The highest BCUT2D eigenvalue weighted by molar-refractivity contribution is 5.39. The molecule has 1 unspecified atom stereocenters. The zero-order chi connectivity index (χ0) is 26.0. The Morgan fingerprint density at radius 2 is 1.31 bits per heavy atom. The predicted octanol–water partition coefficient (Wildman–Crippen LogP) is 3.24. The number of aliphatic hydroxyl groups is 5. The summed E-state index contributed by atoms with van der Waals surface area (Å²) in [5.74, 6) is 0.405. The van der Waals surface area contributed by atoms with Crippen LogP contribution in [0.15, 0.2) is 60.7 Å². The van der Waals surface area contributed by atoms with Crippen LogP contribution in [-0.4, -0.2) is 66.5 Å². The van der Waals surface area contributed by atoms with Crippen LogP contribution in [0.3, 0.4) is 0 Å². The van der Waals surface area contributed by atoms with Gasteiger partial charge in [0, 0.05) is 24.5 Å². The van der Waals surface area contributed by atoms with Crippen LogP contribution in [0.1, 0.15) is 63.5 Å². The Morgan fingerprint density at radius 3 is 1.78 bits per heavy atom. The van der Waals surface area contributed by atoms with E-state index in [1.807, 2.05) is 36.4 Å². The fourth-order valence-electron chi connectivity index (χ4n) is 6.78. The fraction of sp³-hybridized carbons (Fsp3) is 0.600. The molecule has 2 aromatic rings. The van der Waals surface area contributed by atoms with Gasteiger partial charge in [-0.1, -0.05) is 107 Å². The molecule has 4 rings (SSSR count). The topological polar surface area (TPSA) is 104 Å². The average molecular weight is 498 g/mol. The third kappa shape index (κ3) is 4.75. The van der Waals surface area contributed by atoms with Crippen LogP contribution >= 0.6 is 0 Å². The molecule has 0 heterocycles. The van der Waals surface area contributed by atoms with Gasteiger partial charge in [0.15, 0.2) is 0 Å². The van der Waals surface area contributed by atoms with E-state index in [1.165, 1.54) is 6.42 Å². The quantitative estimate of drug-likeness (QED) is 0.327. The van der Waals surface area contributed by atoms with Crippen molar-refractivity contribution in [3.05, 3.63) is 71.8 Å². The number of hydrogen-bond donors (Lipinski definition) is 5. The van der Waals surface area contributed by atoms with Crippen molar-refractivity contribution in [2.45, 2.75) is 94.9 Å². The zero-order valence-electron chi connectivity index (χ0n) is 21.6. The summed E-state index contributed by atoms with van der Waals surface area (Å²) in [6.07, 6.45) is 3.17. The molecule has 0 saturated heterocycles. The van der Waals surface area contributed by atoms with E-state index in [0.717, 1.165) is 36.8 Å². The van der Waals surface area contributed by atoms with Crippen molar-refractivity contribution in [1.82, 2.24) is 4.90 Å². The Hall–Kier alpha value is -1.80. The summed E-state index contributed by atoms with van der Waals surface area (Å²) >= 11 is 0. The van der Waals surface area contributed by atoms with Crippen LogP contribution in [0.5, 0.6) is 0 Å². The lowest BCUT2D eigenvalue weighted by Gasteiger charge is -2.41. The molecular weight excluding hydrogens is 454 g/mol. The summed E-state index contributed by atoms with van der Waals surface area (Å²) in [6.45, 7) is 3.94. The summed E-state index contributed by atoms with van der Waals surface area (Å²) in [6, 6.07) is 19.7. The SMILES string of the molecule is CC1(C)[C@@](O)(C(CC2CCCCC2)N(Cc2ccccc2)Cc2ccccc2)[C@]1(O)[C@H](O)[C@H](O)CO. The van der Waals surface area contributed by atoms with E-state index < -0.39 is 41.5 Å². The van der Waals surface area contributed by atoms with Crippen molar-refractivity contribution in [3.8, 4) is 0 Å². The predicted molar refractivity (Wildman–Crippen MR) is 140 cm³/mol. The molecule has 0 bridgehead atoms. The van der Waals surface area contributed by atoms with Crippen molar-refractivity contribution >= 4 is 0 Å². The summed E-state index contributed by atoms with van der Waals surface area (Å²) < 4.78 is 0. The third-order valence-electron chi connectivity index (χ3n) is 9.07. The van der Waals surface area contributed by atoms with E-state index in [1.54, 1.807) is 13.8 Å². The molecule has 5 atom stereocenters. The van der Waals surface area contributed by atoms with Gasteiger partial charge in [-0.25, -0.2) is 0 Å². The maximum atomic E-state index is 12.4. The average Bonchev–Trinajstić information content (AvgIpc) is 3.27. The molecule has 2 aromatic carbocycles. The van der Waals surface area contributed by atoms with E-state index in [0.29, 0.717) is 25.4 Å². The van der Waals surface area contributed by atoms with Gasteiger partial charge in [0.05, 0.1) is 6.61 Å². The van der Waals surface area contributed by atoms with Crippen molar-refractivity contribution < 1.29 is 25.5 Å². The van der Waals surface area contributed by atoms with Crippen LogP contribution in [0.25, 0.3) is 0 Å². The van der Waals surface area contributed by atoms with Gasteiger partial charge in [0.1, 0.15) is 23.4 Å². The fourth-order valence-corrected chi connectivity index (χ4v) is 6.78. The van der Waals surface area contributed by atoms with E-state index in [-0.39, 0.29) is 0 Å². The first-order chi connectivity index (χ1) is 17.2. The minimum absolute atomic E-state index is 0.405. The van der Waals surface area contributed by atoms with Gasteiger partial charge in [0.25, 0.3) is 0 Å². The second-order valence-electron chi connectivity index (χ2n) is 11.5. The van der Waals surface area contributed by atoms with E-state index in [2.05, 4.69) is 29.2 Å². The molecule has 0 amide bonds. The van der Waals surface area contributed by atoms with Crippen LogP contribution in [0.2, 0.25) is 0 Å². The molecule has 0 aromatic heterocycles. The lowest BCUT2D eigenvalue weighted by Crippen LogP contribution is -2.55. The normalized spacial score (nSPS) is 28.6. The molecule has 2 saturated carbocycles. The maximum Gasteiger partial charge on any atom is 0.132 e. The Morgan fingerprint density at radius 1 is 0.806 bits per heavy atom. The summed E-state index contributed by atoms with van der Waals surface area (Å²) in [5.41, 5.74) is -2.54. The summed E-state index contributed by atoms with van der Waals surface area (Å²) in [7, 11) is 0. The Bertz CT molecular complexity index is 922. The summed E-state index contributed by atoms with van der Waals surface area (Å²) in [5, 5.41) is 55.0. The van der Waals surface area contributed by atoms with Crippen molar-refractivity contribution in [2.24, 2.45) is 11.3 Å². The standard InChI is InChI=1S/C30H43NO5/c1-28(2)29(35,30(28,36)27(34)25(33)21-32)26(18-22-12-6-3-7-13-22)31(19-23-14-8-4-9-15-23)20-24-16-10-5-11-17-24/h4-5,8-11,14-17,22,25-27,32-36H,3,6-7,12-13,18-21H2,1-2H3/t25-,26?,27-,29+,30+/m1/s1. The van der Waals surface area contributed by atoms with Crippen LogP contribution < -0.4 is 0 Å². The number of hydrogen-bond acceptors (Lipinski definition) is 6. The van der Waals surface area contributed by atoms with Crippen molar-refractivity contribution in [3.63, 3.8) is 0 Å². The highest BCUT2D eigenvalue weighted by Gasteiger charge is 2.88. The molecule has 6 heteroatoms. The Balaban J connectivity index is 1.76. The third-order valence-corrected chi connectivity index (χ3v) is 9.07. The maximum absolute atomic E-state index is 12.4. The molecule has 0 radical (unpaired) electrons. The lowest BCUT2D eigenvalue weighted by atomic mass is 9.80. The van der Waals surface area contributed by atoms with Crippen LogP contribution in [-0.2, 0) is 13.1 Å². The molecule has 2 aliphatic rings. The minimum Gasteiger partial charge on any atom is -0.394 e. The molecule has 0 spiro atoms. The number of aliphatic hydroxyl groups excluding tert-OH is 3. The molecule has 2 aliphatic carbocycles. The zero-order valence-corrected chi connectivity index (χ0v) is 21.6. The number of rotatable bonds is 11. The Kier molecular flexibility index (Phi) is 8.25. The summed E-state index contributed by atoms with van der Waals surface area (Å²) in [4.78, 5) is 2.23. The Labute approximate surface area is 215 Å². The monoisotopic (exact) mass is 497 g/mol. The van der Waals surface area contributed by atoms with Crippen LogP contribution in [0, 0.1) is 11.3 Å². The lowest BCUT2D eigenvalue weighted by molar-refractivity contribution is -0.138. The largest absolute Gasteiger partial charge is 0.394 e. The van der Waals surface area contributed by atoms with Gasteiger partial charge in [-0.05, 0) is 23.5 Å². The second-order valence-corrected chi connectivity index (χ2v) is 11.5. The first-order valence-electron chi connectivity index (χ1n) is 13.4. The smallest absolute Gasteiger partial charge is 0.132 e. The molecule has 0 aliphatic heterocycles. The minimum atomic E-state index is -1.97. The highest BCUT2D eigenvalue weighted by Crippen LogP contribution is 2.70. The molecule has 2 fully saturated rings.